The topological polar surface area (TPSA) is 124 Å². The third-order valence-corrected chi connectivity index (χ3v) is 6.79. The van der Waals surface area contributed by atoms with Crippen molar-refractivity contribution in [1.82, 2.24) is 5.32 Å². The van der Waals surface area contributed by atoms with Crippen LogP contribution >= 0.6 is 11.6 Å². The van der Waals surface area contributed by atoms with Crippen molar-refractivity contribution in [1.29, 1.82) is 0 Å². The molecule has 2 aromatic rings. The molecule has 9 nitrogen and oxygen atoms in total. The zero-order valence-corrected chi connectivity index (χ0v) is 24.2. The summed E-state index contributed by atoms with van der Waals surface area (Å²) in [5, 5.41) is 13.5. The van der Waals surface area contributed by atoms with Gasteiger partial charge in [0.2, 0.25) is 0 Å². The van der Waals surface area contributed by atoms with Gasteiger partial charge in [-0.2, -0.15) is 0 Å². The van der Waals surface area contributed by atoms with Crippen molar-refractivity contribution >= 4 is 34.4 Å². The molecule has 4 rings (SSSR count). The molecule has 0 radical (unpaired) electrons. The van der Waals surface area contributed by atoms with E-state index in [9.17, 15) is 19.5 Å². The molecule has 0 saturated heterocycles. The van der Waals surface area contributed by atoms with E-state index in [0.29, 0.717) is 77.8 Å². The van der Waals surface area contributed by atoms with Crippen LogP contribution in [0.3, 0.4) is 0 Å². The first kappa shape index (κ1) is 31.0. The maximum absolute atomic E-state index is 12.9. The number of nitrogens with one attached hydrogen (secondary N) is 1. The van der Waals surface area contributed by atoms with Gasteiger partial charge < -0.3 is 29.1 Å². The predicted molar refractivity (Wildman–Crippen MR) is 161 cm³/mol. The monoisotopic (exact) mass is 595 g/mol. The van der Waals surface area contributed by atoms with Gasteiger partial charge in [0.15, 0.2) is 5.43 Å². The Hall–Kier alpha value is -3.92. The normalized spacial score (nSPS) is 11.2. The summed E-state index contributed by atoms with van der Waals surface area (Å²) in [6.07, 6.45) is 4.23. The average Bonchev–Trinajstić information content (AvgIpc) is 2.96. The molecule has 2 aromatic carbocycles. The lowest BCUT2D eigenvalue weighted by Crippen LogP contribution is -2.27. The molecule has 1 amide bonds. The summed E-state index contributed by atoms with van der Waals surface area (Å²) in [6.45, 7) is 3.49. The fourth-order valence-electron chi connectivity index (χ4n) is 4.57. The molecule has 0 bridgehead atoms. The fourth-order valence-corrected chi connectivity index (χ4v) is 4.76. The van der Waals surface area contributed by atoms with E-state index in [0.717, 1.165) is 25.7 Å². The van der Waals surface area contributed by atoms with Crippen LogP contribution in [0, 0.1) is 0 Å². The third-order valence-electron chi connectivity index (χ3n) is 6.52. The molecule has 2 N–H and O–H groups in total. The molecular weight excluding hydrogens is 562 g/mol. The quantitative estimate of drug-likeness (QED) is 0.0584. The maximum Gasteiger partial charge on any atom is 0.308 e. The molecule has 0 fully saturated rings. The summed E-state index contributed by atoms with van der Waals surface area (Å²) in [5.74, 6) is 0.241. The average molecular weight is 596 g/mol. The minimum Gasteiger partial charge on any atom is -0.508 e. The van der Waals surface area contributed by atoms with Crippen LogP contribution in [0.1, 0.15) is 43.0 Å². The van der Waals surface area contributed by atoms with E-state index < -0.39 is 5.97 Å². The van der Waals surface area contributed by atoms with Crippen LogP contribution in [0.5, 0.6) is 11.5 Å². The van der Waals surface area contributed by atoms with Crippen molar-refractivity contribution in [2.24, 2.45) is 0 Å². The van der Waals surface area contributed by atoms with E-state index in [1.807, 2.05) is 0 Å². The van der Waals surface area contributed by atoms with Gasteiger partial charge in [-0.15, -0.1) is 11.6 Å². The summed E-state index contributed by atoms with van der Waals surface area (Å²) < 4.78 is 22.5. The number of benzene rings is 3. The number of halogens is 1. The first-order valence-corrected chi connectivity index (χ1v) is 14.4. The lowest BCUT2D eigenvalue weighted by molar-refractivity contribution is -0.131. The number of hydrogen-bond donors (Lipinski definition) is 2. The molecule has 1 aliphatic heterocycles. The zero-order chi connectivity index (χ0) is 29.9. The Kier molecular flexibility index (Phi) is 11.3. The number of hydrogen-bond acceptors (Lipinski definition) is 8. The second-order valence-corrected chi connectivity index (χ2v) is 10.1. The molecule has 1 aliphatic carbocycles. The van der Waals surface area contributed by atoms with Gasteiger partial charge >= 0.3 is 5.97 Å². The molecule has 1 heterocycles. The van der Waals surface area contributed by atoms with Crippen molar-refractivity contribution in [2.45, 2.75) is 32.6 Å². The molecule has 10 heteroatoms. The maximum atomic E-state index is 12.9. The van der Waals surface area contributed by atoms with Crippen molar-refractivity contribution in [3.05, 3.63) is 70.4 Å². The van der Waals surface area contributed by atoms with Crippen molar-refractivity contribution in [2.75, 3.05) is 38.9 Å². The highest BCUT2D eigenvalue weighted by molar-refractivity contribution is 6.17. The highest BCUT2D eigenvalue weighted by Gasteiger charge is 2.22. The van der Waals surface area contributed by atoms with Gasteiger partial charge in [-0.3, -0.25) is 14.4 Å². The van der Waals surface area contributed by atoms with E-state index in [-0.39, 0.29) is 22.8 Å². The Bertz CT molecular complexity index is 1550. The van der Waals surface area contributed by atoms with Crippen LogP contribution in [0.25, 0.3) is 33.4 Å². The number of phenols is 1. The number of carbonyl (C=O) groups excluding carboxylic acids is 2. The highest BCUT2D eigenvalue weighted by atomic mass is 35.5. The standard InChI is InChI=1S/C32H34ClNO8/c1-21(35)41-28-18-22(32(38)34-13-15-40-17-16-39-14-5-3-2-4-12-33)6-9-25(28)31-26-10-7-23(36)19-29(26)42-30-20-24(37)8-11-27(30)31/h6-11,18-20,36H,2-5,12-17H2,1H3,(H,34,38). The Morgan fingerprint density at radius 3 is 2.43 bits per heavy atom. The lowest BCUT2D eigenvalue weighted by atomic mass is 9.92. The van der Waals surface area contributed by atoms with Crippen LogP contribution in [0.2, 0.25) is 0 Å². The van der Waals surface area contributed by atoms with E-state index in [1.54, 1.807) is 24.3 Å². The fraction of sp³-hybridized carbons (Fsp3) is 0.344. The molecular formula is C32H34ClNO8. The van der Waals surface area contributed by atoms with Gasteiger partial charge in [0, 0.05) is 65.7 Å². The van der Waals surface area contributed by atoms with Crippen LogP contribution in [-0.4, -0.2) is 55.8 Å². The molecule has 0 saturated carbocycles. The first-order chi connectivity index (χ1) is 20.4. The summed E-state index contributed by atoms with van der Waals surface area (Å²) >= 11 is 5.67. The van der Waals surface area contributed by atoms with Crippen LogP contribution in [0.15, 0.2) is 63.8 Å². The number of esters is 1. The summed E-state index contributed by atoms with van der Waals surface area (Å²) in [5.41, 5.74) is 2.13. The molecule has 0 spiro atoms. The molecule has 0 atom stereocenters. The number of amides is 1. The third kappa shape index (κ3) is 8.31. The number of alkyl halides is 1. The number of ether oxygens (including phenoxy) is 3. The molecule has 0 aromatic heterocycles. The van der Waals surface area contributed by atoms with Crippen LogP contribution in [0.4, 0.5) is 0 Å². The van der Waals surface area contributed by atoms with Gasteiger partial charge in [-0.1, -0.05) is 12.8 Å². The SMILES string of the molecule is CC(=O)Oc1cc(C(=O)NCCOCCOCCCCCCCl)ccc1-c1c2ccc(=O)cc-2oc2cc(O)ccc12. The van der Waals surface area contributed by atoms with E-state index in [4.69, 9.17) is 30.2 Å². The summed E-state index contributed by atoms with van der Waals surface area (Å²) in [7, 11) is 0. The summed E-state index contributed by atoms with van der Waals surface area (Å²) in [4.78, 5) is 37.0. The second kappa shape index (κ2) is 15.3. The van der Waals surface area contributed by atoms with Gasteiger partial charge in [0.1, 0.15) is 22.8 Å². The Balaban J connectivity index is 1.45. The van der Waals surface area contributed by atoms with Crippen molar-refractivity contribution in [3.8, 4) is 33.9 Å². The molecule has 42 heavy (non-hydrogen) atoms. The minimum atomic E-state index is -0.562. The highest BCUT2D eigenvalue weighted by Crippen LogP contribution is 2.44. The number of fused-ring (bicyclic) bond motifs is 2. The smallest absolute Gasteiger partial charge is 0.308 e. The van der Waals surface area contributed by atoms with Crippen LogP contribution < -0.4 is 15.5 Å². The van der Waals surface area contributed by atoms with Crippen molar-refractivity contribution in [3.63, 3.8) is 0 Å². The number of carbonyl (C=O) groups is 2. The Morgan fingerprint density at radius 1 is 0.881 bits per heavy atom. The number of phenolic OH excluding ortho intramolecular Hbond substituents is 1. The number of aromatic hydroxyl groups is 1. The van der Waals surface area contributed by atoms with Gasteiger partial charge in [-0.05, 0) is 55.3 Å². The summed E-state index contributed by atoms with van der Waals surface area (Å²) in [6, 6.07) is 13.9. The molecule has 222 valence electrons. The zero-order valence-electron chi connectivity index (χ0n) is 23.5. The minimum absolute atomic E-state index is 0.00703. The van der Waals surface area contributed by atoms with Gasteiger partial charge in [-0.25, -0.2) is 0 Å². The first-order valence-electron chi connectivity index (χ1n) is 13.9. The van der Waals surface area contributed by atoms with Crippen LogP contribution in [-0.2, 0) is 14.3 Å². The van der Waals surface area contributed by atoms with Gasteiger partial charge in [0.05, 0.1) is 19.8 Å². The second-order valence-electron chi connectivity index (χ2n) is 9.70. The lowest BCUT2D eigenvalue weighted by Gasteiger charge is -2.18. The number of rotatable bonds is 15. The molecule has 2 aliphatic rings. The van der Waals surface area contributed by atoms with E-state index in [1.165, 1.54) is 37.3 Å². The Morgan fingerprint density at radius 2 is 1.64 bits per heavy atom. The largest absolute Gasteiger partial charge is 0.508 e. The Labute approximate surface area is 248 Å². The predicted octanol–water partition coefficient (Wildman–Crippen LogP) is 5.76. The van der Waals surface area contributed by atoms with E-state index in [2.05, 4.69) is 5.32 Å². The number of unbranched alkanes of at least 4 members (excludes halogenated alkanes) is 3. The van der Waals surface area contributed by atoms with Crippen molar-refractivity contribution < 1.29 is 33.3 Å². The van der Waals surface area contributed by atoms with E-state index >= 15 is 0 Å². The molecule has 0 unspecified atom stereocenters. The van der Waals surface area contributed by atoms with Gasteiger partial charge in [0.25, 0.3) is 5.91 Å².